The molecule has 1 atom stereocenters. The molecule has 1 unspecified atom stereocenters. The fourth-order valence-electron chi connectivity index (χ4n) is 2.20. The third kappa shape index (κ3) is 0.765. The van der Waals surface area contributed by atoms with Gasteiger partial charge in [-0.15, -0.1) is 0 Å². The third-order valence-corrected chi connectivity index (χ3v) is 2.83. The zero-order chi connectivity index (χ0) is 7.97. The molecule has 1 aliphatic heterocycles. The lowest BCUT2D eigenvalue weighted by Crippen LogP contribution is -2.11. The number of aliphatic imine (C=N–C) groups is 1. The molecule has 3 aliphatic rings. The van der Waals surface area contributed by atoms with Crippen molar-refractivity contribution in [3.63, 3.8) is 0 Å². The molecule has 1 heterocycles. The van der Waals surface area contributed by atoms with Gasteiger partial charge >= 0.3 is 0 Å². The lowest BCUT2D eigenvalue weighted by atomic mass is 10.0. The summed E-state index contributed by atoms with van der Waals surface area (Å²) in [5, 5.41) is 0. The minimum Gasteiger partial charge on any atom is -0.277 e. The number of dihydropyridines is 1. The van der Waals surface area contributed by atoms with Crippen molar-refractivity contribution in [1.29, 1.82) is 0 Å². The predicted molar refractivity (Wildman–Crippen MR) is 50.4 cm³/mol. The van der Waals surface area contributed by atoms with Crippen molar-refractivity contribution in [2.24, 2.45) is 4.99 Å². The van der Waals surface area contributed by atoms with Crippen LogP contribution in [0.4, 0.5) is 0 Å². The van der Waals surface area contributed by atoms with Crippen molar-refractivity contribution < 1.29 is 0 Å². The monoisotopic (exact) mass is 157 g/mol. The molecule has 1 nitrogen and oxygen atoms in total. The first-order chi connectivity index (χ1) is 5.93. The zero-order valence-corrected chi connectivity index (χ0v) is 6.96. The van der Waals surface area contributed by atoms with Gasteiger partial charge in [-0.25, -0.2) is 0 Å². The molecule has 0 aromatic heterocycles. The number of fused-ring (bicyclic) bond motifs is 2. The maximum atomic E-state index is 4.70. The molecule has 0 radical (unpaired) electrons. The molecule has 60 valence electrons. The first-order valence-corrected chi connectivity index (χ1v) is 4.60. The Morgan fingerprint density at radius 3 is 3.42 bits per heavy atom. The van der Waals surface area contributed by atoms with Crippen molar-refractivity contribution in [1.82, 2.24) is 0 Å². The standard InChI is InChI=1S/C11H11N/c1-3-8-7-9-4-2-6-11(9)12-10(8)5-1/h1,3,5,7,11H,2,4,6H2. The summed E-state index contributed by atoms with van der Waals surface area (Å²) >= 11 is 0. The summed E-state index contributed by atoms with van der Waals surface area (Å²) in [6, 6.07) is 0.528. The van der Waals surface area contributed by atoms with Gasteiger partial charge in [0.15, 0.2) is 0 Å². The Bertz CT molecular complexity index is 342. The van der Waals surface area contributed by atoms with Crippen LogP contribution in [0.15, 0.2) is 40.4 Å². The zero-order valence-electron chi connectivity index (χ0n) is 6.96. The van der Waals surface area contributed by atoms with Gasteiger partial charge in [0.1, 0.15) is 0 Å². The summed E-state index contributed by atoms with van der Waals surface area (Å²) in [4.78, 5) is 4.70. The SMILES string of the molecule is C1=CC2=NC3CCCC3=CC2=C1. The summed E-state index contributed by atoms with van der Waals surface area (Å²) in [5.74, 6) is 0. The fourth-order valence-corrected chi connectivity index (χ4v) is 2.20. The first-order valence-electron chi connectivity index (χ1n) is 4.60. The average Bonchev–Trinajstić information content (AvgIpc) is 2.64. The molecular formula is C11H11N. The Morgan fingerprint density at radius 1 is 1.42 bits per heavy atom. The van der Waals surface area contributed by atoms with Gasteiger partial charge in [0.05, 0.1) is 11.8 Å². The quantitative estimate of drug-likeness (QED) is 0.512. The van der Waals surface area contributed by atoms with Crippen LogP contribution in [0.25, 0.3) is 0 Å². The van der Waals surface area contributed by atoms with Crippen molar-refractivity contribution in [2.45, 2.75) is 25.3 Å². The summed E-state index contributed by atoms with van der Waals surface area (Å²) in [6.07, 6.45) is 12.5. The second-order valence-electron chi connectivity index (χ2n) is 3.62. The molecule has 12 heavy (non-hydrogen) atoms. The molecule has 0 bridgehead atoms. The van der Waals surface area contributed by atoms with Crippen LogP contribution in [0.3, 0.4) is 0 Å². The van der Waals surface area contributed by atoms with E-state index in [2.05, 4.69) is 24.3 Å². The molecule has 1 fully saturated rings. The molecule has 0 aromatic rings. The van der Waals surface area contributed by atoms with Crippen molar-refractivity contribution >= 4 is 5.71 Å². The van der Waals surface area contributed by atoms with Crippen LogP contribution in [-0.2, 0) is 0 Å². The molecule has 1 heteroatoms. The van der Waals surface area contributed by atoms with E-state index < -0.39 is 0 Å². The van der Waals surface area contributed by atoms with Gasteiger partial charge < -0.3 is 0 Å². The highest BCUT2D eigenvalue weighted by molar-refractivity contribution is 6.13. The van der Waals surface area contributed by atoms with Gasteiger partial charge in [0.2, 0.25) is 0 Å². The van der Waals surface area contributed by atoms with Gasteiger partial charge in [-0.05, 0) is 36.5 Å². The summed E-state index contributed by atoms with van der Waals surface area (Å²) in [7, 11) is 0. The molecule has 0 amide bonds. The number of nitrogens with zero attached hydrogens (tertiary/aromatic N) is 1. The van der Waals surface area contributed by atoms with E-state index in [1.54, 1.807) is 5.57 Å². The highest BCUT2D eigenvalue weighted by Crippen LogP contribution is 2.33. The van der Waals surface area contributed by atoms with Gasteiger partial charge in [-0.2, -0.15) is 0 Å². The van der Waals surface area contributed by atoms with Crippen LogP contribution in [0.5, 0.6) is 0 Å². The van der Waals surface area contributed by atoms with Crippen LogP contribution in [0.2, 0.25) is 0 Å². The molecule has 1 saturated carbocycles. The van der Waals surface area contributed by atoms with Crippen LogP contribution < -0.4 is 0 Å². The Balaban J connectivity index is 2.08. The largest absolute Gasteiger partial charge is 0.277 e. The average molecular weight is 157 g/mol. The van der Waals surface area contributed by atoms with E-state index in [1.807, 2.05) is 0 Å². The Hall–Kier alpha value is -1.11. The summed E-state index contributed by atoms with van der Waals surface area (Å²) in [6.45, 7) is 0. The van der Waals surface area contributed by atoms with Gasteiger partial charge in [-0.1, -0.05) is 18.2 Å². The normalized spacial score (nSPS) is 30.7. The number of hydrogen-bond donors (Lipinski definition) is 0. The fraction of sp³-hybridized carbons (Fsp3) is 0.364. The predicted octanol–water partition coefficient (Wildman–Crippen LogP) is 2.42. The molecule has 3 rings (SSSR count). The topological polar surface area (TPSA) is 12.4 Å². The van der Waals surface area contributed by atoms with Crippen molar-refractivity contribution in [2.75, 3.05) is 0 Å². The first kappa shape index (κ1) is 6.41. The number of allylic oxidation sites excluding steroid dienone is 5. The van der Waals surface area contributed by atoms with E-state index in [4.69, 9.17) is 4.99 Å². The minimum atomic E-state index is 0.528. The Morgan fingerprint density at radius 2 is 2.42 bits per heavy atom. The minimum absolute atomic E-state index is 0.528. The van der Waals surface area contributed by atoms with Crippen LogP contribution in [-0.4, -0.2) is 11.8 Å². The van der Waals surface area contributed by atoms with Crippen molar-refractivity contribution in [3.05, 3.63) is 35.5 Å². The van der Waals surface area contributed by atoms with E-state index in [0.29, 0.717) is 6.04 Å². The number of hydrogen-bond acceptors (Lipinski definition) is 1. The molecule has 0 spiro atoms. The van der Waals surface area contributed by atoms with Gasteiger partial charge in [0, 0.05) is 0 Å². The Labute approximate surface area is 72.2 Å². The second-order valence-corrected chi connectivity index (χ2v) is 3.62. The van der Waals surface area contributed by atoms with Crippen LogP contribution in [0.1, 0.15) is 19.3 Å². The number of rotatable bonds is 0. The highest BCUT2D eigenvalue weighted by Gasteiger charge is 2.25. The molecule has 2 aliphatic carbocycles. The van der Waals surface area contributed by atoms with E-state index in [-0.39, 0.29) is 0 Å². The van der Waals surface area contributed by atoms with E-state index >= 15 is 0 Å². The Kier molecular flexibility index (Phi) is 1.17. The summed E-state index contributed by atoms with van der Waals surface area (Å²) in [5.41, 5.74) is 4.07. The van der Waals surface area contributed by atoms with E-state index in [0.717, 1.165) is 0 Å². The third-order valence-electron chi connectivity index (χ3n) is 2.83. The lowest BCUT2D eigenvalue weighted by molar-refractivity contribution is 0.773. The maximum Gasteiger partial charge on any atom is 0.0719 e. The maximum absolute atomic E-state index is 4.70. The smallest absolute Gasteiger partial charge is 0.0719 e. The van der Waals surface area contributed by atoms with Crippen molar-refractivity contribution in [3.8, 4) is 0 Å². The summed E-state index contributed by atoms with van der Waals surface area (Å²) < 4.78 is 0. The molecular weight excluding hydrogens is 146 g/mol. The molecule has 0 aromatic carbocycles. The highest BCUT2D eigenvalue weighted by atomic mass is 14.8. The van der Waals surface area contributed by atoms with E-state index in [9.17, 15) is 0 Å². The van der Waals surface area contributed by atoms with Crippen LogP contribution in [0, 0.1) is 0 Å². The van der Waals surface area contributed by atoms with Crippen LogP contribution >= 0.6 is 0 Å². The molecule has 0 N–H and O–H groups in total. The lowest BCUT2D eigenvalue weighted by Gasteiger charge is -2.14. The van der Waals surface area contributed by atoms with Gasteiger partial charge in [0.25, 0.3) is 0 Å². The second kappa shape index (κ2) is 2.19. The van der Waals surface area contributed by atoms with Gasteiger partial charge in [-0.3, -0.25) is 4.99 Å². The molecule has 0 saturated heterocycles. The van der Waals surface area contributed by atoms with E-state index in [1.165, 1.54) is 30.5 Å².